The molecule has 4 rings (SSSR count). The van der Waals surface area contributed by atoms with Crippen LogP contribution in [0, 0.1) is 34.5 Å². The normalized spacial score (nSPS) is 61.2. The second-order valence-electron chi connectivity index (χ2n) is 9.36. The molecule has 3 N–H and O–H groups in total. The van der Waals surface area contributed by atoms with E-state index in [2.05, 4.69) is 13.8 Å². The molecule has 0 aromatic carbocycles. The quantitative estimate of drug-likeness (QED) is 0.645. The van der Waals surface area contributed by atoms with Crippen molar-refractivity contribution in [1.82, 2.24) is 0 Å². The summed E-state index contributed by atoms with van der Waals surface area (Å²) >= 11 is 0. The number of rotatable bonds is 0. The predicted octanol–water partition coefficient (Wildman–Crippen LogP) is 2.72. The molecule has 0 amide bonds. The summed E-state index contributed by atoms with van der Waals surface area (Å²) < 4.78 is 0. The Kier molecular flexibility index (Phi) is 3.46. The van der Waals surface area contributed by atoms with Gasteiger partial charge in [0.1, 0.15) is 0 Å². The molecule has 0 aliphatic heterocycles. The minimum Gasteiger partial charge on any atom is -0.393 e. The first-order chi connectivity index (χ1) is 10.4. The van der Waals surface area contributed by atoms with E-state index >= 15 is 0 Å². The summed E-state index contributed by atoms with van der Waals surface area (Å²) in [7, 11) is 0. The number of hydrogen-bond donors (Lipinski definition) is 3. The third-order valence-corrected chi connectivity index (χ3v) is 8.60. The van der Waals surface area contributed by atoms with Gasteiger partial charge >= 0.3 is 0 Å². The average Bonchev–Trinajstić information content (AvgIpc) is 2.77. The van der Waals surface area contributed by atoms with Crippen LogP contribution in [0.1, 0.15) is 65.2 Å². The Morgan fingerprint density at radius 1 is 0.727 bits per heavy atom. The third kappa shape index (κ3) is 1.91. The van der Waals surface area contributed by atoms with Gasteiger partial charge in [0, 0.05) is 0 Å². The zero-order valence-corrected chi connectivity index (χ0v) is 14.0. The predicted molar refractivity (Wildman–Crippen MR) is 85.1 cm³/mol. The standard InChI is InChI=1S/C19H32O3/c1-18-7-5-11(20)9-15(18)16(21)10-12-13-3-4-17(22)19(13,2)8-6-14(12)18/h11-17,20-22H,3-10H2,1-2H3/t11-,12-,13-,14-,15?,16-,17?,18+,19-/m0/s1. The van der Waals surface area contributed by atoms with Gasteiger partial charge in [0.2, 0.25) is 0 Å². The topological polar surface area (TPSA) is 60.7 Å². The maximum absolute atomic E-state index is 10.8. The van der Waals surface area contributed by atoms with Crippen molar-refractivity contribution in [3.05, 3.63) is 0 Å². The van der Waals surface area contributed by atoms with Crippen molar-refractivity contribution >= 4 is 0 Å². The molecule has 4 saturated carbocycles. The molecular formula is C19H32O3. The maximum Gasteiger partial charge on any atom is 0.0596 e. The molecular weight excluding hydrogens is 276 g/mol. The maximum atomic E-state index is 10.8. The highest BCUT2D eigenvalue weighted by Crippen LogP contribution is 2.66. The smallest absolute Gasteiger partial charge is 0.0596 e. The summed E-state index contributed by atoms with van der Waals surface area (Å²) in [6.07, 6.45) is 7.42. The molecule has 0 bridgehead atoms. The lowest BCUT2D eigenvalue weighted by molar-refractivity contribution is -0.174. The lowest BCUT2D eigenvalue weighted by Crippen LogP contribution is -2.58. The molecule has 3 heteroatoms. The van der Waals surface area contributed by atoms with Crippen LogP contribution in [0.15, 0.2) is 0 Å². The first kappa shape index (κ1) is 15.4. The summed E-state index contributed by atoms with van der Waals surface area (Å²) in [5.74, 6) is 2.10. The highest BCUT2D eigenvalue weighted by Gasteiger charge is 2.61. The van der Waals surface area contributed by atoms with Crippen LogP contribution in [-0.4, -0.2) is 33.6 Å². The molecule has 4 aliphatic rings. The molecule has 3 nitrogen and oxygen atoms in total. The summed E-state index contributed by atoms with van der Waals surface area (Å²) in [5.41, 5.74) is 0.273. The van der Waals surface area contributed by atoms with Crippen LogP contribution in [0.2, 0.25) is 0 Å². The molecule has 0 spiro atoms. The molecule has 0 heterocycles. The van der Waals surface area contributed by atoms with Crippen LogP contribution in [0.25, 0.3) is 0 Å². The monoisotopic (exact) mass is 308 g/mol. The van der Waals surface area contributed by atoms with Gasteiger partial charge in [-0.2, -0.15) is 0 Å². The fourth-order valence-electron chi connectivity index (χ4n) is 7.25. The van der Waals surface area contributed by atoms with Crippen molar-refractivity contribution in [2.24, 2.45) is 34.5 Å². The van der Waals surface area contributed by atoms with E-state index in [1.807, 2.05) is 0 Å². The summed E-state index contributed by atoms with van der Waals surface area (Å²) in [6.45, 7) is 4.68. The van der Waals surface area contributed by atoms with E-state index in [1.165, 1.54) is 6.42 Å². The lowest BCUT2D eigenvalue weighted by atomic mass is 9.44. The average molecular weight is 308 g/mol. The molecule has 0 saturated heterocycles. The van der Waals surface area contributed by atoms with Crippen molar-refractivity contribution in [3.63, 3.8) is 0 Å². The Morgan fingerprint density at radius 3 is 2.18 bits per heavy atom. The third-order valence-electron chi connectivity index (χ3n) is 8.60. The Balaban J connectivity index is 1.66. The van der Waals surface area contributed by atoms with E-state index in [1.54, 1.807) is 0 Å². The molecule has 0 aromatic rings. The SMILES string of the molecule is C[C@]12CC[C@H](O)CC1[C@@H](O)C[C@@H]1[C@@H]2CC[C@]2(C)C(O)CC[C@@H]12. The largest absolute Gasteiger partial charge is 0.393 e. The first-order valence-corrected chi connectivity index (χ1v) is 9.40. The number of hydrogen-bond acceptors (Lipinski definition) is 3. The number of aliphatic hydroxyl groups is 3. The number of fused-ring (bicyclic) bond motifs is 5. The van der Waals surface area contributed by atoms with E-state index in [9.17, 15) is 15.3 Å². The van der Waals surface area contributed by atoms with Crippen molar-refractivity contribution in [2.45, 2.75) is 83.5 Å². The van der Waals surface area contributed by atoms with E-state index in [4.69, 9.17) is 0 Å². The van der Waals surface area contributed by atoms with Crippen LogP contribution in [0.5, 0.6) is 0 Å². The Bertz CT molecular complexity index is 452. The van der Waals surface area contributed by atoms with Crippen LogP contribution >= 0.6 is 0 Å². The molecule has 0 aromatic heterocycles. The Hall–Kier alpha value is -0.120. The van der Waals surface area contributed by atoms with Crippen LogP contribution in [-0.2, 0) is 0 Å². The zero-order valence-electron chi connectivity index (χ0n) is 14.0. The van der Waals surface area contributed by atoms with Crippen LogP contribution < -0.4 is 0 Å². The van der Waals surface area contributed by atoms with E-state index in [-0.39, 0.29) is 35.1 Å². The van der Waals surface area contributed by atoms with E-state index < -0.39 is 0 Å². The summed E-state index contributed by atoms with van der Waals surface area (Å²) in [6, 6.07) is 0. The van der Waals surface area contributed by atoms with Gasteiger partial charge in [-0.25, -0.2) is 0 Å². The fraction of sp³-hybridized carbons (Fsp3) is 1.00. The molecule has 4 fully saturated rings. The molecule has 2 unspecified atom stereocenters. The minimum absolute atomic E-state index is 0.0816. The highest BCUT2D eigenvalue weighted by molar-refractivity contribution is 5.11. The highest BCUT2D eigenvalue weighted by atomic mass is 16.3. The second-order valence-corrected chi connectivity index (χ2v) is 9.36. The van der Waals surface area contributed by atoms with Gasteiger partial charge in [-0.3, -0.25) is 0 Å². The molecule has 4 aliphatic carbocycles. The van der Waals surface area contributed by atoms with Crippen molar-refractivity contribution < 1.29 is 15.3 Å². The second kappa shape index (κ2) is 4.94. The zero-order chi connectivity index (χ0) is 15.7. The minimum atomic E-state index is -0.263. The van der Waals surface area contributed by atoms with Crippen LogP contribution in [0.3, 0.4) is 0 Å². The first-order valence-electron chi connectivity index (χ1n) is 9.40. The van der Waals surface area contributed by atoms with E-state index in [0.29, 0.717) is 17.8 Å². The van der Waals surface area contributed by atoms with Gasteiger partial charge in [0.15, 0.2) is 0 Å². The summed E-state index contributed by atoms with van der Waals surface area (Å²) in [5, 5.41) is 31.4. The van der Waals surface area contributed by atoms with Gasteiger partial charge in [-0.1, -0.05) is 13.8 Å². The fourth-order valence-corrected chi connectivity index (χ4v) is 7.25. The Labute approximate surface area is 134 Å². The van der Waals surface area contributed by atoms with Crippen molar-refractivity contribution in [2.75, 3.05) is 0 Å². The van der Waals surface area contributed by atoms with Crippen LogP contribution in [0.4, 0.5) is 0 Å². The molecule has 9 atom stereocenters. The molecule has 0 radical (unpaired) electrons. The van der Waals surface area contributed by atoms with Gasteiger partial charge in [-0.15, -0.1) is 0 Å². The van der Waals surface area contributed by atoms with E-state index in [0.717, 1.165) is 44.9 Å². The van der Waals surface area contributed by atoms with Gasteiger partial charge in [0.25, 0.3) is 0 Å². The number of aliphatic hydroxyl groups excluding tert-OH is 3. The Morgan fingerprint density at radius 2 is 1.41 bits per heavy atom. The van der Waals surface area contributed by atoms with Crippen molar-refractivity contribution in [1.29, 1.82) is 0 Å². The van der Waals surface area contributed by atoms with Gasteiger partial charge in [-0.05, 0) is 85.9 Å². The van der Waals surface area contributed by atoms with Gasteiger partial charge < -0.3 is 15.3 Å². The molecule has 22 heavy (non-hydrogen) atoms. The summed E-state index contributed by atoms with van der Waals surface area (Å²) in [4.78, 5) is 0. The lowest BCUT2D eigenvalue weighted by Gasteiger charge is -2.61. The van der Waals surface area contributed by atoms with Gasteiger partial charge in [0.05, 0.1) is 18.3 Å². The molecule has 126 valence electrons. The van der Waals surface area contributed by atoms with Crippen molar-refractivity contribution in [3.8, 4) is 0 Å².